The number of nitrogens with one attached hydrogen (secondary N) is 2. The molecule has 2 N–H and O–H groups in total. The molecule has 230 valence electrons. The molecule has 44 heavy (non-hydrogen) atoms. The highest BCUT2D eigenvalue weighted by atomic mass is 79.9. The van der Waals surface area contributed by atoms with Gasteiger partial charge in [0.05, 0.1) is 23.8 Å². The largest absolute Gasteiger partial charge is 0.493 e. The van der Waals surface area contributed by atoms with Gasteiger partial charge in [-0.1, -0.05) is 79.5 Å². The minimum Gasteiger partial charge on any atom is -0.493 e. The second-order valence-electron chi connectivity index (χ2n) is 10.5. The molecule has 0 spiro atoms. The molecule has 1 aliphatic heterocycles. The molecule has 1 atom stereocenters. The zero-order chi connectivity index (χ0) is 31.2. The third-order valence-electron chi connectivity index (χ3n) is 7.35. The van der Waals surface area contributed by atoms with E-state index >= 15 is 0 Å². The lowest BCUT2D eigenvalue weighted by atomic mass is 9.94. The SMILES string of the molecule is CCCCCOc1c(Br)cc(C2C(C(=O)Nc3ccccc3C)=C(C)Nc3nc(SCc4ccccc4Cl)nn32)cc1OC. The molecular formula is C33H35BrClN5O3S. The normalized spacial score (nSPS) is 14.2. The molecule has 11 heteroatoms. The van der Waals surface area contributed by atoms with Crippen molar-refractivity contribution in [2.24, 2.45) is 0 Å². The average Bonchev–Trinajstić information content (AvgIpc) is 3.42. The summed E-state index contributed by atoms with van der Waals surface area (Å²) in [5.41, 5.74) is 4.68. The summed E-state index contributed by atoms with van der Waals surface area (Å²) in [6, 6.07) is 18.7. The van der Waals surface area contributed by atoms with E-state index in [-0.39, 0.29) is 5.91 Å². The number of hydrogen-bond donors (Lipinski definition) is 2. The molecule has 8 nitrogen and oxygen atoms in total. The lowest BCUT2D eigenvalue weighted by molar-refractivity contribution is -0.113. The number of carbonyl (C=O) groups excluding carboxylic acids is 1. The van der Waals surface area contributed by atoms with Gasteiger partial charge in [-0.3, -0.25) is 4.79 Å². The number of thioether (sulfide) groups is 1. The Balaban J connectivity index is 1.54. The molecular weight excluding hydrogens is 662 g/mol. The van der Waals surface area contributed by atoms with Crippen LogP contribution in [-0.2, 0) is 10.5 Å². The van der Waals surface area contributed by atoms with E-state index in [0.29, 0.717) is 51.3 Å². The molecule has 0 aliphatic carbocycles. The number of unbranched alkanes of at least 4 members (excludes halogenated alkanes) is 2. The van der Waals surface area contributed by atoms with Gasteiger partial charge in [0.1, 0.15) is 6.04 Å². The van der Waals surface area contributed by atoms with Gasteiger partial charge in [0, 0.05) is 22.2 Å². The molecule has 1 aliphatic rings. The maximum atomic E-state index is 14.0. The number of methoxy groups -OCH3 is 1. The fraction of sp³-hybridized carbons (Fsp3) is 0.303. The monoisotopic (exact) mass is 695 g/mol. The number of para-hydroxylation sites is 1. The number of fused-ring (bicyclic) bond motifs is 1. The van der Waals surface area contributed by atoms with Crippen molar-refractivity contribution in [1.82, 2.24) is 14.8 Å². The number of nitrogens with zero attached hydrogens (tertiary/aromatic N) is 3. The fourth-order valence-corrected chi connectivity index (χ4v) is 6.71. The molecule has 0 bridgehead atoms. The highest BCUT2D eigenvalue weighted by Crippen LogP contribution is 2.43. The van der Waals surface area contributed by atoms with Gasteiger partial charge in [0.15, 0.2) is 11.5 Å². The van der Waals surface area contributed by atoms with Crippen molar-refractivity contribution in [3.8, 4) is 11.5 Å². The fourth-order valence-electron chi connectivity index (χ4n) is 5.02. The Labute approximate surface area is 275 Å². The Kier molecular flexibility index (Phi) is 10.6. The summed E-state index contributed by atoms with van der Waals surface area (Å²) >= 11 is 11.6. The third-order valence-corrected chi connectivity index (χ3v) is 9.19. The van der Waals surface area contributed by atoms with Crippen molar-refractivity contribution in [2.45, 2.75) is 57.0 Å². The molecule has 5 rings (SSSR count). The zero-order valence-corrected chi connectivity index (χ0v) is 28.3. The molecule has 4 aromatic rings. The predicted molar refractivity (Wildman–Crippen MR) is 181 cm³/mol. The molecule has 0 saturated heterocycles. The van der Waals surface area contributed by atoms with Gasteiger partial charge < -0.3 is 20.1 Å². The topological polar surface area (TPSA) is 90.3 Å². The van der Waals surface area contributed by atoms with Crippen molar-refractivity contribution in [3.05, 3.63) is 98.1 Å². The Morgan fingerprint density at radius 3 is 2.66 bits per heavy atom. The highest BCUT2D eigenvalue weighted by molar-refractivity contribution is 9.10. The van der Waals surface area contributed by atoms with E-state index in [1.807, 2.05) is 74.5 Å². The molecule has 3 aromatic carbocycles. The number of ether oxygens (including phenoxy) is 2. The van der Waals surface area contributed by atoms with Crippen LogP contribution in [0.1, 0.15) is 55.8 Å². The lowest BCUT2D eigenvalue weighted by Crippen LogP contribution is -2.31. The number of carbonyl (C=O) groups is 1. The van der Waals surface area contributed by atoms with Crippen LogP contribution in [0.15, 0.2) is 81.6 Å². The first kappa shape index (κ1) is 31.9. The van der Waals surface area contributed by atoms with E-state index < -0.39 is 6.04 Å². The molecule has 1 aromatic heterocycles. The zero-order valence-electron chi connectivity index (χ0n) is 25.1. The summed E-state index contributed by atoms with van der Waals surface area (Å²) in [7, 11) is 1.62. The minimum absolute atomic E-state index is 0.240. The number of halogens is 2. The second kappa shape index (κ2) is 14.5. The Hall–Kier alpha value is -3.47. The summed E-state index contributed by atoms with van der Waals surface area (Å²) in [4.78, 5) is 18.8. The summed E-state index contributed by atoms with van der Waals surface area (Å²) in [5.74, 6) is 2.09. The first-order chi connectivity index (χ1) is 21.3. The van der Waals surface area contributed by atoms with Crippen molar-refractivity contribution in [3.63, 3.8) is 0 Å². The summed E-state index contributed by atoms with van der Waals surface area (Å²) in [6.07, 6.45) is 3.14. The van der Waals surface area contributed by atoms with Crippen LogP contribution in [0, 0.1) is 6.92 Å². The van der Waals surface area contributed by atoms with Crippen LogP contribution in [0.3, 0.4) is 0 Å². The van der Waals surface area contributed by atoms with Crippen LogP contribution < -0.4 is 20.1 Å². The van der Waals surface area contributed by atoms with E-state index in [0.717, 1.165) is 46.1 Å². The van der Waals surface area contributed by atoms with Crippen molar-refractivity contribution < 1.29 is 14.3 Å². The standard InChI is InChI=1S/C33H35BrClN5O3S/c1-5-6-11-16-43-30-24(34)17-23(18-27(30)42-4)29-28(31(41)37-26-15-10-7-12-20(26)2)21(3)36-32-38-33(39-40(29)32)44-19-22-13-8-9-14-25(22)35/h7-10,12-15,17-18,29H,5-6,11,16,19H2,1-4H3,(H,37,41)(H,36,38,39). The van der Waals surface area contributed by atoms with Gasteiger partial charge in [-0.25, -0.2) is 4.68 Å². The molecule has 1 unspecified atom stereocenters. The molecule has 0 fully saturated rings. The maximum absolute atomic E-state index is 14.0. The summed E-state index contributed by atoms with van der Waals surface area (Å²) in [5, 5.41) is 12.6. The molecule has 0 radical (unpaired) electrons. The van der Waals surface area contributed by atoms with Crippen LogP contribution in [0.4, 0.5) is 11.6 Å². The minimum atomic E-state index is -0.600. The van der Waals surface area contributed by atoms with Gasteiger partial charge in [0.25, 0.3) is 5.91 Å². The Morgan fingerprint density at radius 2 is 1.91 bits per heavy atom. The van der Waals surface area contributed by atoms with E-state index in [9.17, 15) is 4.79 Å². The van der Waals surface area contributed by atoms with E-state index in [1.165, 1.54) is 11.8 Å². The number of allylic oxidation sites excluding steroid dienone is 1. The third kappa shape index (κ3) is 7.08. The van der Waals surface area contributed by atoms with Crippen LogP contribution in [0.2, 0.25) is 5.02 Å². The quantitative estimate of drug-likeness (QED) is 0.113. The van der Waals surface area contributed by atoms with Gasteiger partial charge in [-0.2, -0.15) is 4.98 Å². The maximum Gasteiger partial charge on any atom is 0.255 e. The lowest BCUT2D eigenvalue weighted by Gasteiger charge is -2.29. The first-order valence-corrected chi connectivity index (χ1v) is 16.6. The van der Waals surface area contributed by atoms with Crippen molar-refractivity contribution in [2.75, 3.05) is 24.4 Å². The van der Waals surface area contributed by atoms with Crippen molar-refractivity contribution in [1.29, 1.82) is 0 Å². The number of benzene rings is 3. The number of aromatic nitrogens is 3. The number of anilines is 2. The van der Waals surface area contributed by atoms with E-state index in [2.05, 4.69) is 33.5 Å². The number of aryl methyl sites for hydroxylation is 1. The second-order valence-corrected chi connectivity index (χ2v) is 12.7. The average molecular weight is 697 g/mol. The van der Waals surface area contributed by atoms with Crippen LogP contribution in [0.25, 0.3) is 0 Å². The Bertz CT molecular complexity index is 1690. The van der Waals surface area contributed by atoms with Crippen molar-refractivity contribution >= 4 is 56.8 Å². The summed E-state index contributed by atoms with van der Waals surface area (Å²) in [6.45, 7) is 6.59. The number of hydrogen-bond acceptors (Lipinski definition) is 7. The van der Waals surface area contributed by atoms with E-state index in [4.69, 9.17) is 31.2 Å². The van der Waals surface area contributed by atoms with Crippen LogP contribution >= 0.6 is 39.3 Å². The van der Waals surface area contributed by atoms with Gasteiger partial charge in [-0.15, -0.1) is 5.10 Å². The number of rotatable bonds is 12. The highest BCUT2D eigenvalue weighted by Gasteiger charge is 2.35. The molecule has 1 amide bonds. The smallest absolute Gasteiger partial charge is 0.255 e. The molecule has 0 saturated carbocycles. The van der Waals surface area contributed by atoms with Gasteiger partial charge in [-0.05, 0) is 77.2 Å². The summed E-state index contributed by atoms with van der Waals surface area (Å²) < 4.78 is 14.4. The van der Waals surface area contributed by atoms with Crippen LogP contribution in [-0.4, -0.2) is 34.4 Å². The van der Waals surface area contributed by atoms with Crippen LogP contribution in [0.5, 0.6) is 11.5 Å². The molecule has 2 heterocycles. The van der Waals surface area contributed by atoms with E-state index in [1.54, 1.807) is 11.8 Å². The first-order valence-electron chi connectivity index (χ1n) is 14.5. The van der Waals surface area contributed by atoms with Gasteiger partial charge in [0.2, 0.25) is 11.1 Å². The van der Waals surface area contributed by atoms with Gasteiger partial charge >= 0.3 is 0 Å². The predicted octanol–water partition coefficient (Wildman–Crippen LogP) is 8.80. The number of amides is 1. The Morgan fingerprint density at radius 1 is 1.14 bits per heavy atom.